The summed E-state index contributed by atoms with van der Waals surface area (Å²) >= 11 is 0. The molecule has 7 atom stereocenters. The highest BCUT2D eigenvalue weighted by Gasteiger charge is 2.63. The highest BCUT2D eigenvalue weighted by Crippen LogP contribution is 2.47. The number of sulfonamides is 1. The third-order valence-electron chi connectivity index (χ3n) is 10.7. The first kappa shape index (κ1) is 41.8. The second-order valence-electron chi connectivity index (χ2n) is 16.5. The van der Waals surface area contributed by atoms with E-state index < -0.39 is 110 Å². The van der Waals surface area contributed by atoms with Crippen molar-refractivity contribution in [3.8, 4) is 0 Å². The van der Waals surface area contributed by atoms with Crippen LogP contribution in [0.2, 0.25) is 0 Å². The number of halogens is 3. The SMILES string of the molecule is C[C@@H]1CC/C=C\[C@@H]2C[C@@]2(C(=O)NS(=O)(=O)C2(C)CC2)NC(=O)[C@@H]2C[C@@H](OC(=O)Nc3ccccc3C(F)(F)F)CN2C(=O)[C@@H](NC(=O)OC(C)(C)C)[C@H](C)C1. The molecule has 0 aromatic heterocycles. The van der Waals surface area contributed by atoms with Gasteiger partial charge < -0.3 is 25.0 Å². The molecule has 0 radical (unpaired) electrons. The minimum Gasteiger partial charge on any atom is -0.444 e. The molecule has 55 heavy (non-hydrogen) atoms. The first-order valence-corrected chi connectivity index (χ1v) is 19.9. The predicted molar refractivity (Wildman–Crippen MR) is 194 cm³/mol. The highest BCUT2D eigenvalue weighted by molar-refractivity contribution is 7.91. The van der Waals surface area contributed by atoms with E-state index in [2.05, 4.69) is 20.7 Å². The van der Waals surface area contributed by atoms with Crippen molar-refractivity contribution < 1.29 is 55.0 Å². The van der Waals surface area contributed by atoms with Crippen LogP contribution < -0.4 is 20.7 Å². The number of benzene rings is 1. The zero-order valence-corrected chi connectivity index (χ0v) is 32.6. The summed E-state index contributed by atoms with van der Waals surface area (Å²) in [6, 6.07) is 1.65. The van der Waals surface area contributed by atoms with Crippen LogP contribution in [0, 0.1) is 17.8 Å². The molecule has 4 N–H and O–H groups in total. The maximum absolute atomic E-state index is 14.5. The van der Waals surface area contributed by atoms with Gasteiger partial charge in [-0.15, -0.1) is 0 Å². The monoisotopic (exact) mass is 797 g/mol. The number of rotatable bonds is 6. The lowest BCUT2D eigenvalue weighted by atomic mass is 9.88. The van der Waals surface area contributed by atoms with Gasteiger partial charge in [-0.25, -0.2) is 18.0 Å². The topological polar surface area (TPSA) is 189 Å². The molecule has 3 fully saturated rings. The molecular weight excluding hydrogens is 747 g/mol. The van der Waals surface area contributed by atoms with Crippen LogP contribution in [-0.2, 0) is 40.1 Å². The number of nitrogens with zero attached hydrogens (tertiary/aromatic N) is 1. The van der Waals surface area contributed by atoms with E-state index in [0.29, 0.717) is 32.1 Å². The van der Waals surface area contributed by atoms with Crippen molar-refractivity contribution in [2.24, 2.45) is 17.8 Å². The third-order valence-corrected chi connectivity index (χ3v) is 12.8. The molecule has 5 amide bonds. The molecule has 2 aliphatic heterocycles. The molecule has 2 aliphatic carbocycles. The zero-order valence-electron chi connectivity index (χ0n) is 31.7. The van der Waals surface area contributed by atoms with E-state index in [1.54, 1.807) is 33.8 Å². The minimum absolute atomic E-state index is 0.0469. The fourth-order valence-electron chi connectivity index (χ4n) is 7.16. The predicted octanol–water partition coefficient (Wildman–Crippen LogP) is 5.00. The average Bonchev–Trinajstić information content (AvgIpc) is 3.94. The van der Waals surface area contributed by atoms with Gasteiger partial charge in [-0.1, -0.05) is 38.1 Å². The van der Waals surface area contributed by atoms with Gasteiger partial charge in [-0.3, -0.25) is 24.4 Å². The lowest BCUT2D eigenvalue weighted by Gasteiger charge is -2.33. The fourth-order valence-corrected chi connectivity index (χ4v) is 8.47. The molecule has 304 valence electrons. The average molecular weight is 798 g/mol. The van der Waals surface area contributed by atoms with E-state index >= 15 is 0 Å². The van der Waals surface area contributed by atoms with Crippen LogP contribution >= 0.6 is 0 Å². The maximum atomic E-state index is 14.5. The third kappa shape index (κ3) is 9.73. The van der Waals surface area contributed by atoms with Crippen molar-refractivity contribution in [3.05, 3.63) is 42.0 Å². The summed E-state index contributed by atoms with van der Waals surface area (Å²) in [6.07, 6.45) is -2.33. The van der Waals surface area contributed by atoms with E-state index in [9.17, 15) is 45.6 Å². The van der Waals surface area contributed by atoms with Crippen molar-refractivity contribution in [2.75, 3.05) is 11.9 Å². The van der Waals surface area contributed by atoms with Gasteiger partial charge in [-0.2, -0.15) is 13.2 Å². The van der Waals surface area contributed by atoms with Crippen LogP contribution in [0.5, 0.6) is 0 Å². The van der Waals surface area contributed by atoms with Crippen LogP contribution in [0.4, 0.5) is 28.4 Å². The Balaban J connectivity index is 1.46. The Hall–Kier alpha value is -4.35. The molecule has 2 saturated carbocycles. The van der Waals surface area contributed by atoms with Crippen molar-refractivity contribution in [1.82, 2.24) is 20.3 Å². The molecule has 1 aromatic carbocycles. The first-order chi connectivity index (χ1) is 25.4. The van der Waals surface area contributed by atoms with Crippen LogP contribution in [0.25, 0.3) is 0 Å². The van der Waals surface area contributed by atoms with Gasteiger partial charge in [0.1, 0.15) is 29.3 Å². The van der Waals surface area contributed by atoms with Crippen molar-refractivity contribution in [2.45, 2.75) is 127 Å². The van der Waals surface area contributed by atoms with Crippen LogP contribution in [0.15, 0.2) is 36.4 Å². The number of hydrogen-bond donors (Lipinski definition) is 4. The standard InChI is InChI=1S/C37H50F3N5O9S/c1-21-11-7-8-12-23-19-36(23,31(48)44-55(51,52)35(6)15-16-35)43-29(46)27-18-24(53-32(49)41-26-14-10-9-13-25(26)37(38,39)40)20-45(27)30(47)28(22(2)17-21)42-33(50)54-34(3,4)5/h8-10,12-14,21-24,27-28H,7,11,15-20H2,1-6H3,(H,41,49)(H,42,50)(H,43,46)(H,44,48)/b12-8-/t21-,22-,23-,24-,27+,28+,36-/m1/s1. The van der Waals surface area contributed by atoms with Crippen molar-refractivity contribution in [3.63, 3.8) is 0 Å². The number of carbonyl (C=O) groups excluding carboxylic acids is 5. The van der Waals surface area contributed by atoms with Gasteiger partial charge in [0.25, 0.3) is 5.91 Å². The van der Waals surface area contributed by atoms with E-state index in [4.69, 9.17) is 9.47 Å². The van der Waals surface area contributed by atoms with E-state index in [1.807, 2.05) is 13.0 Å². The Kier molecular flexibility index (Phi) is 11.6. The van der Waals surface area contributed by atoms with Gasteiger partial charge in [0, 0.05) is 12.3 Å². The highest BCUT2D eigenvalue weighted by atomic mass is 32.2. The molecule has 5 rings (SSSR count). The van der Waals surface area contributed by atoms with Crippen molar-refractivity contribution >= 4 is 45.6 Å². The number of carbonyl (C=O) groups is 5. The molecule has 2 heterocycles. The number of alkyl carbamates (subject to hydrolysis) is 1. The number of alkyl halides is 3. The largest absolute Gasteiger partial charge is 0.444 e. The van der Waals surface area contributed by atoms with Crippen LogP contribution in [-0.4, -0.2) is 83.8 Å². The Bertz CT molecular complexity index is 1830. The lowest BCUT2D eigenvalue weighted by Crippen LogP contribution is -2.59. The van der Waals surface area contributed by atoms with E-state index in [-0.39, 0.29) is 18.8 Å². The summed E-state index contributed by atoms with van der Waals surface area (Å²) < 4.78 is 79.1. The zero-order chi connectivity index (χ0) is 40.7. The van der Waals surface area contributed by atoms with Gasteiger partial charge in [0.2, 0.25) is 21.8 Å². The number of nitrogens with one attached hydrogen (secondary N) is 4. The summed E-state index contributed by atoms with van der Waals surface area (Å²) in [6.45, 7) is 9.83. The molecule has 1 aromatic rings. The lowest BCUT2D eigenvalue weighted by molar-refractivity contribution is -0.142. The number of allylic oxidation sites excluding steroid dienone is 1. The normalized spacial score (nSPS) is 30.2. The number of anilines is 1. The number of amides is 5. The maximum Gasteiger partial charge on any atom is 0.418 e. The fraction of sp³-hybridized carbons (Fsp3) is 0.649. The molecule has 0 spiro atoms. The van der Waals surface area contributed by atoms with E-state index in [1.165, 1.54) is 13.0 Å². The second kappa shape index (κ2) is 15.3. The molecule has 18 heteroatoms. The van der Waals surface area contributed by atoms with Gasteiger partial charge in [0.15, 0.2) is 0 Å². The number of fused-ring (bicyclic) bond motifs is 2. The summed E-state index contributed by atoms with van der Waals surface area (Å²) in [5.41, 5.74) is -4.27. The summed E-state index contributed by atoms with van der Waals surface area (Å²) in [7, 11) is -4.09. The summed E-state index contributed by atoms with van der Waals surface area (Å²) in [4.78, 5) is 69.8. The molecular formula is C37H50F3N5O9S. The molecule has 4 aliphatic rings. The first-order valence-electron chi connectivity index (χ1n) is 18.4. The van der Waals surface area contributed by atoms with Crippen LogP contribution in [0.1, 0.15) is 92.1 Å². The summed E-state index contributed by atoms with van der Waals surface area (Å²) in [5, 5.41) is 7.47. The Morgan fingerprint density at radius 1 is 1.02 bits per heavy atom. The molecule has 14 nitrogen and oxygen atoms in total. The quantitative estimate of drug-likeness (QED) is 0.287. The Morgan fingerprint density at radius 3 is 2.33 bits per heavy atom. The van der Waals surface area contributed by atoms with Gasteiger partial charge in [0.05, 0.1) is 22.5 Å². The van der Waals surface area contributed by atoms with Crippen LogP contribution in [0.3, 0.4) is 0 Å². The van der Waals surface area contributed by atoms with Gasteiger partial charge in [-0.05, 0) is 90.2 Å². The number of para-hydroxylation sites is 1. The Morgan fingerprint density at radius 2 is 1.69 bits per heavy atom. The number of ether oxygens (including phenoxy) is 2. The number of hydrogen-bond acceptors (Lipinski definition) is 9. The molecule has 0 unspecified atom stereocenters. The molecule has 0 bridgehead atoms. The van der Waals surface area contributed by atoms with Crippen molar-refractivity contribution in [1.29, 1.82) is 0 Å². The smallest absolute Gasteiger partial charge is 0.418 e. The second-order valence-corrected chi connectivity index (χ2v) is 18.7. The van der Waals surface area contributed by atoms with Gasteiger partial charge >= 0.3 is 18.4 Å². The summed E-state index contributed by atoms with van der Waals surface area (Å²) in [5.74, 6) is -3.51. The minimum atomic E-state index is -4.79. The Labute approximate surface area is 318 Å². The van der Waals surface area contributed by atoms with E-state index in [0.717, 1.165) is 23.1 Å². The molecule has 1 saturated heterocycles.